The Morgan fingerprint density at radius 2 is 1.62 bits per heavy atom. The molecular formula is C23H28N4O2. The molecule has 0 aliphatic heterocycles. The number of benzene rings is 2. The summed E-state index contributed by atoms with van der Waals surface area (Å²) in [6.45, 7) is 4.77. The maximum absolute atomic E-state index is 5.37. The molecule has 0 bridgehead atoms. The number of aryl methyl sites for hydroxylation is 1. The summed E-state index contributed by atoms with van der Waals surface area (Å²) in [5.41, 5.74) is 2.38. The Labute approximate surface area is 172 Å². The third kappa shape index (κ3) is 5.60. The summed E-state index contributed by atoms with van der Waals surface area (Å²) in [6, 6.07) is 18.4. The number of hydrogen-bond donors (Lipinski definition) is 2. The second kappa shape index (κ2) is 9.78. The molecule has 0 aliphatic carbocycles. The van der Waals surface area contributed by atoms with Crippen LogP contribution in [0.2, 0.25) is 0 Å². The Bertz CT molecular complexity index is 931. The quantitative estimate of drug-likeness (QED) is 0.553. The number of hydrogen-bond acceptors (Lipinski definition) is 6. The second-order valence-electron chi connectivity index (χ2n) is 6.83. The van der Waals surface area contributed by atoms with Crippen molar-refractivity contribution in [3.05, 3.63) is 71.5 Å². The van der Waals surface area contributed by atoms with Crippen LogP contribution in [0.15, 0.2) is 54.6 Å². The van der Waals surface area contributed by atoms with Gasteiger partial charge in [-0.1, -0.05) is 36.4 Å². The average molecular weight is 393 g/mol. The summed E-state index contributed by atoms with van der Waals surface area (Å²) in [7, 11) is 3.29. The fraction of sp³-hybridized carbons (Fsp3) is 0.304. The maximum atomic E-state index is 5.37. The zero-order valence-corrected chi connectivity index (χ0v) is 17.4. The van der Waals surface area contributed by atoms with Gasteiger partial charge in [-0.15, -0.1) is 0 Å². The van der Waals surface area contributed by atoms with Gasteiger partial charge in [-0.2, -0.15) is 0 Å². The third-order valence-corrected chi connectivity index (χ3v) is 4.67. The molecule has 1 atom stereocenters. The van der Waals surface area contributed by atoms with Crippen LogP contribution in [0.25, 0.3) is 0 Å². The SMILES string of the molecule is COc1ccc(CCNc2cc(NC(C)c3ccccc3)nc(C)n2)cc1OC. The Morgan fingerprint density at radius 1 is 0.897 bits per heavy atom. The van der Waals surface area contributed by atoms with E-state index >= 15 is 0 Å². The normalized spacial score (nSPS) is 11.6. The van der Waals surface area contributed by atoms with E-state index in [0.29, 0.717) is 0 Å². The van der Waals surface area contributed by atoms with Crippen LogP contribution in [0.1, 0.15) is 29.9 Å². The first-order valence-corrected chi connectivity index (χ1v) is 9.71. The molecule has 0 amide bonds. The van der Waals surface area contributed by atoms with E-state index in [2.05, 4.69) is 39.7 Å². The molecule has 0 saturated carbocycles. The van der Waals surface area contributed by atoms with Gasteiger partial charge in [-0.05, 0) is 43.5 Å². The highest BCUT2D eigenvalue weighted by atomic mass is 16.5. The smallest absolute Gasteiger partial charge is 0.160 e. The summed E-state index contributed by atoms with van der Waals surface area (Å²) >= 11 is 0. The van der Waals surface area contributed by atoms with Crippen LogP contribution >= 0.6 is 0 Å². The van der Waals surface area contributed by atoms with Crippen molar-refractivity contribution in [1.82, 2.24) is 9.97 Å². The molecule has 1 unspecified atom stereocenters. The fourth-order valence-corrected chi connectivity index (χ4v) is 3.15. The van der Waals surface area contributed by atoms with Crippen LogP contribution in [0.4, 0.5) is 11.6 Å². The van der Waals surface area contributed by atoms with Crippen molar-refractivity contribution in [2.24, 2.45) is 0 Å². The molecule has 0 aliphatic rings. The Hall–Kier alpha value is -3.28. The number of rotatable bonds is 9. The summed E-state index contributed by atoms with van der Waals surface area (Å²) in [6.07, 6.45) is 0.840. The summed E-state index contributed by atoms with van der Waals surface area (Å²) < 4.78 is 10.7. The van der Waals surface area contributed by atoms with E-state index in [9.17, 15) is 0 Å². The van der Waals surface area contributed by atoms with Gasteiger partial charge in [-0.25, -0.2) is 9.97 Å². The monoisotopic (exact) mass is 392 g/mol. The predicted octanol–water partition coefficient (Wildman–Crippen LogP) is 4.63. The van der Waals surface area contributed by atoms with Gasteiger partial charge in [0, 0.05) is 18.7 Å². The molecule has 1 aromatic heterocycles. The lowest BCUT2D eigenvalue weighted by atomic mass is 10.1. The van der Waals surface area contributed by atoms with E-state index in [1.54, 1.807) is 14.2 Å². The molecule has 29 heavy (non-hydrogen) atoms. The molecule has 0 saturated heterocycles. The molecule has 2 aromatic carbocycles. The summed E-state index contributed by atoms with van der Waals surface area (Å²) in [4.78, 5) is 9.01. The highest BCUT2D eigenvalue weighted by Crippen LogP contribution is 2.27. The molecule has 6 nitrogen and oxygen atoms in total. The Balaban J connectivity index is 1.61. The van der Waals surface area contributed by atoms with Gasteiger partial charge in [0.1, 0.15) is 17.5 Å². The predicted molar refractivity (Wildman–Crippen MR) is 117 cm³/mol. The Morgan fingerprint density at radius 3 is 2.34 bits per heavy atom. The van der Waals surface area contributed by atoms with Crippen LogP contribution in [0.5, 0.6) is 11.5 Å². The molecule has 0 fully saturated rings. The van der Waals surface area contributed by atoms with E-state index in [1.807, 2.05) is 49.4 Å². The van der Waals surface area contributed by atoms with Crippen molar-refractivity contribution >= 4 is 11.6 Å². The number of anilines is 2. The van der Waals surface area contributed by atoms with Crippen LogP contribution in [-0.2, 0) is 6.42 Å². The van der Waals surface area contributed by atoms with Crippen molar-refractivity contribution in [2.75, 3.05) is 31.4 Å². The first kappa shape index (κ1) is 20.5. The maximum Gasteiger partial charge on any atom is 0.160 e. The van der Waals surface area contributed by atoms with Gasteiger partial charge in [-0.3, -0.25) is 0 Å². The van der Waals surface area contributed by atoms with Gasteiger partial charge in [0.2, 0.25) is 0 Å². The number of nitrogens with one attached hydrogen (secondary N) is 2. The highest BCUT2D eigenvalue weighted by Gasteiger charge is 2.08. The van der Waals surface area contributed by atoms with Crippen molar-refractivity contribution in [3.63, 3.8) is 0 Å². The largest absolute Gasteiger partial charge is 0.493 e. The van der Waals surface area contributed by atoms with Gasteiger partial charge in [0.15, 0.2) is 11.5 Å². The number of aromatic nitrogens is 2. The van der Waals surface area contributed by atoms with Crippen molar-refractivity contribution in [1.29, 1.82) is 0 Å². The standard InChI is InChI=1S/C23H28N4O2/c1-16(19-8-6-5-7-9-19)25-23-15-22(26-17(2)27-23)24-13-12-18-10-11-20(28-3)21(14-18)29-4/h5-11,14-16H,12-13H2,1-4H3,(H2,24,25,26,27). The molecule has 2 N–H and O–H groups in total. The Kier molecular flexibility index (Phi) is 6.89. The van der Waals surface area contributed by atoms with Crippen molar-refractivity contribution in [3.8, 4) is 11.5 Å². The topological polar surface area (TPSA) is 68.3 Å². The molecular weight excluding hydrogens is 364 g/mol. The first-order valence-electron chi connectivity index (χ1n) is 9.71. The lowest BCUT2D eigenvalue weighted by molar-refractivity contribution is 0.354. The van der Waals surface area contributed by atoms with Crippen LogP contribution in [0, 0.1) is 6.92 Å². The summed E-state index contributed by atoms with van der Waals surface area (Å²) in [5, 5.41) is 6.84. The van der Waals surface area contributed by atoms with Gasteiger partial charge < -0.3 is 20.1 Å². The lowest BCUT2D eigenvalue weighted by Crippen LogP contribution is -2.11. The van der Waals surface area contributed by atoms with Crippen molar-refractivity contribution in [2.45, 2.75) is 26.3 Å². The lowest BCUT2D eigenvalue weighted by Gasteiger charge is -2.16. The second-order valence-corrected chi connectivity index (χ2v) is 6.83. The van der Waals surface area contributed by atoms with E-state index in [1.165, 1.54) is 5.56 Å². The fourth-order valence-electron chi connectivity index (χ4n) is 3.15. The molecule has 1 heterocycles. The molecule has 0 spiro atoms. The van der Waals surface area contributed by atoms with Crippen LogP contribution in [-0.4, -0.2) is 30.7 Å². The number of methoxy groups -OCH3 is 2. The molecule has 3 aromatic rings. The molecule has 152 valence electrons. The van der Waals surface area contributed by atoms with E-state index in [-0.39, 0.29) is 6.04 Å². The minimum absolute atomic E-state index is 0.158. The third-order valence-electron chi connectivity index (χ3n) is 4.67. The minimum atomic E-state index is 0.158. The molecule has 3 rings (SSSR count). The van der Waals surface area contributed by atoms with Crippen LogP contribution < -0.4 is 20.1 Å². The first-order chi connectivity index (χ1) is 14.1. The van der Waals surface area contributed by atoms with E-state index in [0.717, 1.165) is 47.5 Å². The zero-order valence-electron chi connectivity index (χ0n) is 17.4. The molecule has 0 radical (unpaired) electrons. The summed E-state index contributed by atoms with van der Waals surface area (Å²) in [5.74, 6) is 3.82. The average Bonchev–Trinajstić information content (AvgIpc) is 2.73. The van der Waals surface area contributed by atoms with Gasteiger partial charge in [0.05, 0.1) is 14.2 Å². The van der Waals surface area contributed by atoms with E-state index in [4.69, 9.17) is 9.47 Å². The number of nitrogens with zero attached hydrogens (tertiary/aromatic N) is 2. The highest BCUT2D eigenvalue weighted by molar-refractivity contribution is 5.49. The number of ether oxygens (including phenoxy) is 2. The van der Waals surface area contributed by atoms with Crippen molar-refractivity contribution < 1.29 is 9.47 Å². The molecule has 6 heteroatoms. The minimum Gasteiger partial charge on any atom is -0.493 e. The van der Waals surface area contributed by atoms with Crippen LogP contribution in [0.3, 0.4) is 0 Å². The van der Waals surface area contributed by atoms with Gasteiger partial charge >= 0.3 is 0 Å². The zero-order chi connectivity index (χ0) is 20.6. The van der Waals surface area contributed by atoms with Gasteiger partial charge in [0.25, 0.3) is 0 Å². The van der Waals surface area contributed by atoms with E-state index < -0.39 is 0 Å².